The Morgan fingerprint density at radius 3 is 2.47 bits per heavy atom. The number of pyridine rings is 1. The largest absolute Gasteiger partial charge is 0.494 e. The summed E-state index contributed by atoms with van der Waals surface area (Å²) < 4.78 is 94.4. The number of aromatic nitrogens is 1. The van der Waals surface area contributed by atoms with Gasteiger partial charge in [-0.1, -0.05) is 38.3 Å². The lowest BCUT2D eigenvalue weighted by Gasteiger charge is -2.36. The van der Waals surface area contributed by atoms with Crippen LogP contribution in [0, 0.1) is 11.3 Å². The number of alkyl carbamates (subject to hydrolysis) is 1. The van der Waals surface area contributed by atoms with E-state index < -0.39 is 100.0 Å². The molecule has 2 heterocycles. The number of rotatable bonds is 11. The third-order valence-electron chi connectivity index (χ3n) is 8.86. The average molecular weight is 754 g/mol. The molecule has 278 valence electrons. The number of nitrogens with one attached hydrogen (secondary N) is 3. The summed E-state index contributed by atoms with van der Waals surface area (Å²) in [5.41, 5.74) is -5.89. The van der Waals surface area contributed by atoms with Crippen LogP contribution in [0.2, 0.25) is 5.02 Å². The minimum Gasteiger partial charge on any atom is -0.494 e. The van der Waals surface area contributed by atoms with Gasteiger partial charge in [0, 0.05) is 36.4 Å². The summed E-state index contributed by atoms with van der Waals surface area (Å²) >= 11 is 6.30. The third kappa shape index (κ3) is 8.35. The molecule has 4 amide bonds. The Bertz CT molecular complexity index is 2060. The quantitative estimate of drug-likeness (QED) is 0.285. The Labute approximate surface area is 311 Å². The highest BCUT2D eigenvalue weighted by Gasteiger charge is 2.62. The van der Waals surface area contributed by atoms with Gasteiger partial charge in [-0.05, 0) is 63.6 Å². The minimum absolute atomic E-state index is 0.0139. The molecule has 0 bridgehead atoms. The van der Waals surface area contributed by atoms with E-state index >= 15 is 0 Å². The van der Waals surface area contributed by atoms with E-state index in [4.69, 9.17) is 34.0 Å². The molecule has 2 aromatic rings. The Hall–Kier alpha value is -4.11. The maximum absolute atomic E-state index is 14.8. The number of benzene rings is 1. The van der Waals surface area contributed by atoms with E-state index in [1.165, 1.54) is 40.2 Å². The van der Waals surface area contributed by atoms with Crippen molar-refractivity contribution in [2.75, 3.05) is 13.7 Å². The van der Waals surface area contributed by atoms with Crippen LogP contribution < -0.4 is 24.8 Å². The van der Waals surface area contributed by atoms with Crippen molar-refractivity contribution >= 4 is 56.2 Å². The van der Waals surface area contributed by atoms with E-state index in [1.54, 1.807) is 18.2 Å². The standard InChI is InChI=1S/C35H46ClN5O9S/c1-9-19-16-35(19,31(44)40-51(46,47)22-11-12-22)39-28(42)25-15-21(49-29-24-14-20(36)10-13-23(24)26(48-8)17-37-29)18-41(25)30(43)27(33(2,3)4)38-32(45)50-34(5,6)7/h9-10,13-14,17,19,21-22,25,27H,1,11-12,15-16,18H2,2-8H3,(H,38,45)(H,39,42)(H,40,44)/t19-,21-,25+,27-,35-/m1/s1/i2D3,3D3. The molecule has 2 saturated carbocycles. The Kier molecular flexibility index (Phi) is 8.25. The molecular formula is C35H46ClN5O9S. The number of fused-ring (bicyclic) bond motifs is 1. The smallest absolute Gasteiger partial charge is 0.408 e. The lowest BCUT2D eigenvalue weighted by molar-refractivity contribution is -0.143. The highest BCUT2D eigenvalue weighted by Crippen LogP contribution is 2.45. The summed E-state index contributed by atoms with van der Waals surface area (Å²) in [6.45, 7) is 1.70. The van der Waals surface area contributed by atoms with Crippen LogP contribution in [0.3, 0.4) is 0 Å². The first-order chi connectivity index (χ1) is 26.2. The molecule has 5 rings (SSSR count). The van der Waals surface area contributed by atoms with Gasteiger partial charge in [0.15, 0.2) is 0 Å². The van der Waals surface area contributed by atoms with Crippen LogP contribution >= 0.6 is 11.6 Å². The Morgan fingerprint density at radius 2 is 1.88 bits per heavy atom. The number of carbonyl (C=O) groups is 4. The monoisotopic (exact) mass is 753 g/mol. The number of halogens is 1. The van der Waals surface area contributed by atoms with Crippen molar-refractivity contribution in [1.82, 2.24) is 25.2 Å². The molecule has 14 nitrogen and oxygen atoms in total. The first-order valence-electron chi connectivity index (χ1n) is 19.3. The maximum Gasteiger partial charge on any atom is 0.408 e. The number of nitrogens with zero attached hydrogens (tertiary/aromatic N) is 2. The van der Waals surface area contributed by atoms with E-state index in [0.29, 0.717) is 34.4 Å². The number of hydrogen-bond acceptors (Lipinski definition) is 10. The second kappa shape index (κ2) is 13.8. The van der Waals surface area contributed by atoms with E-state index in [-0.39, 0.29) is 18.7 Å². The van der Waals surface area contributed by atoms with Gasteiger partial charge in [-0.15, -0.1) is 6.58 Å². The van der Waals surface area contributed by atoms with Gasteiger partial charge in [0.05, 0.1) is 25.1 Å². The summed E-state index contributed by atoms with van der Waals surface area (Å²) in [5.74, 6) is -3.59. The lowest BCUT2D eigenvalue weighted by Crippen LogP contribution is -2.60. The molecule has 1 aliphatic heterocycles. The molecular weight excluding hydrogens is 702 g/mol. The molecule has 1 aromatic heterocycles. The van der Waals surface area contributed by atoms with Crippen LogP contribution in [0.15, 0.2) is 37.1 Å². The second-order valence-corrected chi connectivity index (χ2v) is 16.7. The predicted octanol–water partition coefficient (Wildman–Crippen LogP) is 3.85. The highest BCUT2D eigenvalue weighted by atomic mass is 35.5. The van der Waals surface area contributed by atoms with Gasteiger partial charge in [-0.2, -0.15) is 0 Å². The predicted molar refractivity (Wildman–Crippen MR) is 190 cm³/mol. The van der Waals surface area contributed by atoms with Crippen LogP contribution in [0.5, 0.6) is 11.6 Å². The number of hydrogen-bond donors (Lipinski definition) is 3. The van der Waals surface area contributed by atoms with Crippen LogP contribution in [0.25, 0.3) is 10.8 Å². The van der Waals surface area contributed by atoms with Gasteiger partial charge >= 0.3 is 6.09 Å². The molecule has 51 heavy (non-hydrogen) atoms. The first-order valence-corrected chi connectivity index (χ1v) is 18.2. The molecule has 0 radical (unpaired) electrons. The molecule has 3 N–H and O–H groups in total. The van der Waals surface area contributed by atoms with Gasteiger partial charge in [-0.3, -0.25) is 19.1 Å². The fraction of sp³-hybridized carbons (Fsp3) is 0.571. The van der Waals surface area contributed by atoms with Crippen molar-refractivity contribution in [3.63, 3.8) is 0 Å². The highest BCUT2D eigenvalue weighted by molar-refractivity contribution is 7.91. The number of carbonyl (C=O) groups excluding carboxylic acids is 4. The first kappa shape index (κ1) is 30.5. The van der Waals surface area contributed by atoms with Gasteiger partial charge in [-0.25, -0.2) is 18.2 Å². The van der Waals surface area contributed by atoms with Crippen molar-refractivity contribution in [2.24, 2.45) is 11.3 Å². The third-order valence-corrected chi connectivity index (χ3v) is 10.9. The molecule has 0 unspecified atom stereocenters. The summed E-state index contributed by atoms with van der Waals surface area (Å²) in [4.78, 5) is 61.2. The van der Waals surface area contributed by atoms with Gasteiger partial charge in [0.25, 0.3) is 5.91 Å². The molecule has 3 fully saturated rings. The van der Waals surface area contributed by atoms with Crippen LogP contribution in [-0.2, 0) is 29.1 Å². The SMILES string of the molecule is [2H]C([2H])([2H])C(C)([C@H](NC(=O)OC(C)(C)C)C(=O)N1C[C@H](Oc2ncc(OC)c3ccc(Cl)cc23)C[C@H]1C(=O)N[C@]1(C(=O)NS(=O)(=O)C2CC2)C[C@H]1C=C)C([2H])([2H])[2H]. The number of sulfonamides is 1. The van der Waals surface area contributed by atoms with E-state index in [1.807, 2.05) is 4.72 Å². The fourth-order valence-corrected chi connectivity index (χ4v) is 7.55. The number of ether oxygens (including phenoxy) is 3. The molecule has 1 aromatic carbocycles. The lowest BCUT2D eigenvalue weighted by atomic mass is 9.85. The van der Waals surface area contributed by atoms with Crippen molar-refractivity contribution in [3.05, 3.63) is 42.1 Å². The van der Waals surface area contributed by atoms with Crippen LogP contribution in [0.4, 0.5) is 4.79 Å². The minimum atomic E-state index is -4.04. The number of amides is 4. The van der Waals surface area contributed by atoms with Gasteiger partial charge < -0.3 is 29.7 Å². The number of likely N-dealkylation sites (tertiary alicyclic amines) is 1. The van der Waals surface area contributed by atoms with E-state index in [2.05, 4.69) is 22.2 Å². The molecule has 0 spiro atoms. The molecule has 5 atom stereocenters. The zero-order chi connectivity index (χ0) is 42.7. The van der Waals surface area contributed by atoms with Crippen LogP contribution in [-0.4, -0.2) is 90.3 Å². The average Bonchev–Trinajstić information content (AvgIpc) is 4.01. The second-order valence-electron chi connectivity index (χ2n) is 14.3. The molecule has 1 saturated heterocycles. The van der Waals surface area contributed by atoms with Crippen molar-refractivity contribution in [3.8, 4) is 11.6 Å². The fourth-order valence-electron chi connectivity index (χ4n) is 6.02. The number of methoxy groups -OCH3 is 1. The summed E-state index contributed by atoms with van der Waals surface area (Å²) in [6.07, 6.45) is 0.738. The topological polar surface area (TPSA) is 182 Å². The molecule has 2 aliphatic carbocycles. The van der Waals surface area contributed by atoms with Gasteiger partial charge in [0.1, 0.15) is 35.1 Å². The van der Waals surface area contributed by atoms with Crippen LogP contribution in [0.1, 0.15) is 75.3 Å². The Balaban J connectivity index is 1.57. The molecule has 3 aliphatic rings. The zero-order valence-corrected chi connectivity index (χ0v) is 30.4. The van der Waals surface area contributed by atoms with Crippen molar-refractivity contribution < 1.29 is 50.0 Å². The van der Waals surface area contributed by atoms with E-state index in [0.717, 1.165) is 11.8 Å². The van der Waals surface area contributed by atoms with Crippen molar-refractivity contribution in [2.45, 2.75) is 102 Å². The van der Waals surface area contributed by atoms with E-state index in [9.17, 15) is 27.6 Å². The zero-order valence-electron chi connectivity index (χ0n) is 34.9. The van der Waals surface area contributed by atoms with Gasteiger partial charge in [0.2, 0.25) is 27.7 Å². The Morgan fingerprint density at radius 1 is 1.18 bits per heavy atom. The van der Waals surface area contributed by atoms with Crippen molar-refractivity contribution in [1.29, 1.82) is 0 Å². The molecule has 16 heteroatoms. The summed E-state index contributed by atoms with van der Waals surface area (Å²) in [6, 6.07) is 0.911. The summed E-state index contributed by atoms with van der Waals surface area (Å²) in [5, 5.41) is 5.30. The summed E-state index contributed by atoms with van der Waals surface area (Å²) in [7, 11) is -2.60. The normalized spacial score (nSPS) is 26.2. The maximum atomic E-state index is 14.8.